The highest BCUT2D eigenvalue weighted by atomic mass is 16.5. The second kappa shape index (κ2) is 10.6. The molecule has 0 aliphatic heterocycles. The van der Waals surface area contributed by atoms with Gasteiger partial charge in [0.2, 0.25) is 0 Å². The molecule has 0 bridgehead atoms. The molecule has 3 heteroatoms. The van der Waals surface area contributed by atoms with Crippen LogP contribution in [0.4, 0.5) is 0 Å². The molecule has 0 spiro atoms. The summed E-state index contributed by atoms with van der Waals surface area (Å²) >= 11 is 0. The van der Waals surface area contributed by atoms with Crippen LogP contribution in [0.3, 0.4) is 0 Å². The largest absolute Gasteiger partial charge is 0.469 e. The lowest BCUT2D eigenvalue weighted by Gasteiger charge is -2.22. The van der Waals surface area contributed by atoms with Crippen molar-refractivity contribution in [3.8, 4) is 0 Å². The van der Waals surface area contributed by atoms with Gasteiger partial charge in [-0.15, -0.1) is 0 Å². The maximum atomic E-state index is 11.0. The third-order valence-corrected chi connectivity index (χ3v) is 3.26. The molecule has 0 amide bonds. The van der Waals surface area contributed by atoms with E-state index >= 15 is 0 Å². The Morgan fingerprint density at radius 3 is 2.53 bits per heavy atom. The van der Waals surface area contributed by atoms with Crippen molar-refractivity contribution in [3.63, 3.8) is 0 Å². The van der Waals surface area contributed by atoms with Gasteiger partial charge in [0.15, 0.2) is 0 Å². The number of rotatable bonds is 10. The molecular weight excluding hydrogens is 214 g/mol. The SMILES string of the molecule is CCCCC(CC)CN(C)CCCC(=O)OC. The van der Waals surface area contributed by atoms with Crippen molar-refractivity contribution in [3.05, 3.63) is 0 Å². The summed E-state index contributed by atoms with van der Waals surface area (Å²) in [4.78, 5) is 13.3. The molecule has 0 aromatic carbocycles. The van der Waals surface area contributed by atoms with Crippen LogP contribution >= 0.6 is 0 Å². The molecule has 102 valence electrons. The van der Waals surface area contributed by atoms with Gasteiger partial charge in [0, 0.05) is 13.0 Å². The minimum Gasteiger partial charge on any atom is -0.469 e. The Hall–Kier alpha value is -0.570. The zero-order valence-electron chi connectivity index (χ0n) is 12.0. The van der Waals surface area contributed by atoms with E-state index in [4.69, 9.17) is 0 Å². The lowest BCUT2D eigenvalue weighted by atomic mass is 9.99. The average molecular weight is 243 g/mol. The zero-order chi connectivity index (χ0) is 13.1. The second-order valence-electron chi connectivity index (χ2n) is 4.86. The maximum absolute atomic E-state index is 11.0. The lowest BCUT2D eigenvalue weighted by molar-refractivity contribution is -0.140. The molecule has 0 saturated heterocycles. The summed E-state index contributed by atoms with van der Waals surface area (Å²) in [6.45, 7) is 6.64. The van der Waals surface area contributed by atoms with E-state index in [0.717, 1.165) is 25.4 Å². The third kappa shape index (κ3) is 9.16. The molecule has 1 atom stereocenters. The van der Waals surface area contributed by atoms with E-state index in [1.165, 1.54) is 32.8 Å². The molecule has 1 unspecified atom stereocenters. The number of nitrogens with zero attached hydrogens (tertiary/aromatic N) is 1. The number of hydrogen-bond donors (Lipinski definition) is 0. The van der Waals surface area contributed by atoms with Gasteiger partial charge in [0.05, 0.1) is 7.11 Å². The molecule has 0 fully saturated rings. The first-order valence-electron chi connectivity index (χ1n) is 6.89. The van der Waals surface area contributed by atoms with Crippen molar-refractivity contribution in [1.29, 1.82) is 0 Å². The number of unbranched alkanes of at least 4 members (excludes halogenated alkanes) is 1. The number of carbonyl (C=O) groups excluding carboxylic acids is 1. The zero-order valence-corrected chi connectivity index (χ0v) is 12.0. The van der Waals surface area contributed by atoms with Gasteiger partial charge in [-0.2, -0.15) is 0 Å². The van der Waals surface area contributed by atoms with Crippen molar-refractivity contribution in [2.45, 2.75) is 52.4 Å². The van der Waals surface area contributed by atoms with Gasteiger partial charge in [0.25, 0.3) is 0 Å². The van der Waals surface area contributed by atoms with Crippen molar-refractivity contribution >= 4 is 5.97 Å². The molecule has 17 heavy (non-hydrogen) atoms. The summed E-state index contributed by atoms with van der Waals surface area (Å²) in [6, 6.07) is 0. The minimum atomic E-state index is -0.101. The van der Waals surface area contributed by atoms with E-state index in [1.807, 2.05) is 0 Å². The Bertz CT molecular complexity index is 195. The van der Waals surface area contributed by atoms with Gasteiger partial charge in [-0.3, -0.25) is 4.79 Å². The monoisotopic (exact) mass is 243 g/mol. The Morgan fingerprint density at radius 2 is 2.00 bits per heavy atom. The smallest absolute Gasteiger partial charge is 0.305 e. The van der Waals surface area contributed by atoms with E-state index in [1.54, 1.807) is 0 Å². The van der Waals surface area contributed by atoms with Crippen LogP contribution in [0, 0.1) is 5.92 Å². The number of esters is 1. The predicted octanol–water partition coefficient (Wildman–Crippen LogP) is 3.09. The fourth-order valence-corrected chi connectivity index (χ4v) is 2.04. The predicted molar refractivity (Wildman–Crippen MR) is 72.1 cm³/mol. The van der Waals surface area contributed by atoms with E-state index in [2.05, 4.69) is 30.5 Å². The van der Waals surface area contributed by atoms with Crippen molar-refractivity contribution in [2.24, 2.45) is 5.92 Å². The van der Waals surface area contributed by atoms with E-state index < -0.39 is 0 Å². The summed E-state index contributed by atoms with van der Waals surface area (Å²) < 4.78 is 4.63. The second-order valence-corrected chi connectivity index (χ2v) is 4.86. The summed E-state index contributed by atoms with van der Waals surface area (Å²) in [5.41, 5.74) is 0. The first-order valence-corrected chi connectivity index (χ1v) is 6.89. The topological polar surface area (TPSA) is 29.5 Å². The van der Waals surface area contributed by atoms with E-state index in [9.17, 15) is 4.79 Å². The van der Waals surface area contributed by atoms with Gasteiger partial charge in [-0.25, -0.2) is 0 Å². The number of methoxy groups -OCH3 is 1. The highest BCUT2D eigenvalue weighted by Gasteiger charge is 2.09. The average Bonchev–Trinajstić information content (AvgIpc) is 2.34. The highest BCUT2D eigenvalue weighted by Crippen LogP contribution is 2.13. The number of ether oxygens (including phenoxy) is 1. The van der Waals surface area contributed by atoms with Crippen LogP contribution in [0.1, 0.15) is 52.4 Å². The minimum absolute atomic E-state index is 0.101. The van der Waals surface area contributed by atoms with E-state index in [-0.39, 0.29) is 5.97 Å². The summed E-state index contributed by atoms with van der Waals surface area (Å²) in [7, 11) is 3.59. The quantitative estimate of drug-likeness (QED) is 0.552. The van der Waals surface area contributed by atoms with Crippen LogP contribution < -0.4 is 0 Å². The van der Waals surface area contributed by atoms with Crippen LogP contribution in [0.2, 0.25) is 0 Å². The fourth-order valence-electron chi connectivity index (χ4n) is 2.04. The van der Waals surface area contributed by atoms with Crippen LogP contribution in [-0.4, -0.2) is 38.1 Å². The van der Waals surface area contributed by atoms with Crippen LogP contribution in [0.25, 0.3) is 0 Å². The Labute approximate surface area is 107 Å². The van der Waals surface area contributed by atoms with Gasteiger partial charge < -0.3 is 9.64 Å². The molecular formula is C14H29NO2. The van der Waals surface area contributed by atoms with Crippen LogP contribution in [0.15, 0.2) is 0 Å². The highest BCUT2D eigenvalue weighted by molar-refractivity contribution is 5.69. The molecule has 0 aromatic heterocycles. The van der Waals surface area contributed by atoms with Crippen molar-refractivity contribution < 1.29 is 9.53 Å². The molecule has 3 nitrogen and oxygen atoms in total. The molecule has 0 rings (SSSR count). The Balaban J connectivity index is 3.67. The molecule has 0 radical (unpaired) electrons. The molecule has 0 aliphatic carbocycles. The summed E-state index contributed by atoms with van der Waals surface area (Å²) in [6.07, 6.45) is 6.62. The molecule has 0 N–H and O–H groups in total. The third-order valence-electron chi connectivity index (χ3n) is 3.26. The van der Waals surface area contributed by atoms with E-state index in [0.29, 0.717) is 6.42 Å². The van der Waals surface area contributed by atoms with Gasteiger partial charge in [-0.1, -0.05) is 33.1 Å². The first kappa shape index (κ1) is 16.4. The first-order chi connectivity index (χ1) is 8.13. The maximum Gasteiger partial charge on any atom is 0.305 e. The van der Waals surface area contributed by atoms with Crippen molar-refractivity contribution in [1.82, 2.24) is 4.90 Å². The molecule has 0 aromatic rings. The molecule has 0 heterocycles. The normalized spacial score (nSPS) is 12.8. The van der Waals surface area contributed by atoms with Crippen LogP contribution in [0.5, 0.6) is 0 Å². The Kier molecular flexibility index (Phi) is 10.2. The van der Waals surface area contributed by atoms with Gasteiger partial charge in [-0.05, 0) is 32.4 Å². The van der Waals surface area contributed by atoms with Crippen molar-refractivity contribution in [2.75, 3.05) is 27.2 Å². The van der Waals surface area contributed by atoms with Gasteiger partial charge >= 0.3 is 5.97 Å². The lowest BCUT2D eigenvalue weighted by Crippen LogP contribution is -2.27. The number of carbonyl (C=O) groups is 1. The van der Waals surface area contributed by atoms with Crippen LogP contribution in [-0.2, 0) is 9.53 Å². The standard InChI is InChI=1S/C14H29NO2/c1-5-7-9-13(6-2)12-15(3)11-8-10-14(16)17-4/h13H,5-12H2,1-4H3. The fraction of sp³-hybridized carbons (Fsp3) is 0.929. The number of hydrogen-bond acceptors (Lipinski definition) is 3. The Morgan fingerprint density at radius 1 is 1.29 bits per heavy atom. The summed E-state index contributed by atoms with van der Waals surface area (Å²) in [5.74, 6) is 0.703. The summed E-state index contributed by atoms with van der Waals surface area (Å²) in [5, 5.41) is 0. The molecule has 0 aliphatic rings. The molecule has 0 saturated carbocycles. The van der Waals surface area contributed by atoms with Gasteiger partial charge in [0.1, 0.15) is 0 Å².